The topological polar surface area (TPSA) is 30.2 Å². The molecule has 1 heterocycles. The number of fused-ring (bicyclic) bond motifs is 2. The lowest BCUT2D eigenvalue weighted by molar-refractivity contribution is -0.125. The molecule has 2 bridgehead atoms. The number of hydrogen-bond acceptors (Lipinski definition) is 2. The first kappa shape index (κ1) is 10.8. The van der Waals surface area contributed by atoms with Gasteiger partial charge in [-0.3, -0.25) is 4.79 Å². The second-order valence-electron chi connectivity index (χ2n) is 6.09. The second kappa shape index (κ2) is 3.12. The van der Waals surface area contributed by atoms with E-state index in [0.29, 0.717) is 11.7 Å². The van der Waals surface area contributed by atoms with Gasteiger partial charge >= 0.3 is 0 Å². The van der Waals surface area contributed by atoms with Crippen LogP contribution in [0, 0.1) is 16.7 Å². The van der Waals surface area contributed by atoms with Crippen LogP contribution in [-0.4, -0.2) is 5.78 Å². The Labute approximate surface area is 102 Å². The van der Waals surface area contributed by atoms with Crippen molar-refractivity contribution in [3.63, 3.8) is 0 Å². The molecule has 2 fully saturated rings. The van der Waals surface area contributed by atoms with Gasteiger partial charge in [-0.2, -0.15) is 0 Å². The predicted molar refractivity (Wildman–Crippen MR) is 66.3 cm³/mol. The molecule has 2 heteroatoms. The Hall–Kier alpha value is -1.31. The lowest BCUT2D eigenvalue weighted by Gasteiger charge is -2.31. The molecule has 0 unspecified atom stereocenters. The zero-order valence-corrected chi connectivity index (χ0v) is 10.6. The van der Waals surface area contributed by atoms with Gasteiger partial charge in [0, 0.05) is 11.0 Å². The third-order valence-electron chi connectivity index (χ3n) is 5.21. The van der Waals surface area contributed by atoms with Crippen molar-refractivity contribution in [2.24, 2.45) is 16.7 Å². The molecule has 0 N–H and O–H groups in total. The van der Waals surface area contributed by atoms with Crippen molar-refractivity contribution < 1.29 is 9.21 Å². The first-order valence-electron chi connectivity index (χ1n) is 6.27. The van der Waals surface area contributed by atoms with Crippen molar-refractivity contribution in [1.82, 2.24) is 0 Å². The van der Waals surface area contributed by atoms with Crippen LogP contribution in [-0.2, 0) is 4.79 Å². The Morgan fingerprint density at radius 1 is 1.41 bits per heavy atom. The molecule has 0 aromatic carbocycles. The van der Waals surface area contributed by atoms with Gasteiger partial charge in [-0.1, -0.05) is 20.8 Å². The number of furan rings is 1. The highest BCUT2D eigenvalue weighted by Crippen LogP contribution is 2.65. The lowest BCUT2D eigenvalue weighted by atomic mass is 9.70. The highest BCUT2D eigenvalue weighted by molar-refractivity contribution is 6.07. The van der Waals surface area contributed by atoms with E-state index in [4.69, 9.17) is 4.42 Å². The van der Waals surface area contributed by atoms with Gasteiger partial charge in [0.1, 0.15) is 5.76 Å². The van der Waals surface area contributed by atoms with E-state index in [-0.39, 0.29) is 10.8 Å². The van der Waals surface area contributed by atoms with E-state index in [1.807, 2.05) is 18.2 Å². The van der Waals surface area contributed by atoms with Gasteiger partial charge in [0.15, 0.2) is 5.78 Å². The van der Waals surface area contributed by atoms with E-state index in [1.54, 1.807) is 6.26 Å². The van der Waals surface area contributed by atoms with E-state index in [1.165, 1.54) is 0 Å². The maximum absolute atomic E-state index is 12.5. The summed E-state index contributed by atoms with van der Waals surface area (Å²) in [5.41, 5.74) is 0.886. The van der Waals surface area contributed by atoms with Crippen LogP contribution in [0.15, 0.2) is 28.4 Å². The Bertz CT molecular complexity index is 493. The Morgan fingerprint density at radius 2 is 2.18 bits per heavy atom. The summed E-state index contributed by atoms with van der Waals surface area (Å²) in [6, 6.07) is 3.76. The van der Waals surface area contributed by atoms with Crippen LogP contribution in [0.2, 0.25) is 0 Å². The average molecular weight is 230 g/mol. The molecule has 1 aromatic rings. The average Bonchev–Trinajstić information content (AvgIpc) is 2.87. The van der Waals surface area contributed by atoms with Crippen LogP contribution in [0.25, 0.3) is 6.08 Å². The number of rotatable bonds is 1. The van der Waals surface area contributed by atoms with Crippen LogP contribution in [0.5, 0.6) is 0 Å². The minimum atomic E-state index is -0.171. The molecule has 2 aliphatic carbocycles. The van der Waals surface area contributed by atoms with Crippen molar-refractivity contribution >= 4 is 11.9 Å². The molecule has 0 aliphatic heterocycles. The van der Waals surface area contributed by atoms with Gasteiger partial charge in [-0.05, 0) is 42.4 Å². The van der Waals surface area contributed by atoms with E-state index in [9.17, 15) is 4.79 Å². The van der Waals surface area contributed by atoms with E-state index in [0.717, 1.165) is 24.2 Å². The van der Waals surface area contributed by atoms with Gasteiger partial charge in [-0.15, -0.1) is 0 Å². The maximum Gasteiger partial charge on any atom is 0.165 e. The van der Waals surface area contributed by atoms with Crippen LogP contribution in [0.1, 0.15) is 39.4 Å². The van der Waals surface area contributed by atoms with Crippen molar-refractivity contribution in [2.75, 3.05) is 0 Å². The Kier molecular flexibility index (Phi) is 1.99. The largest absolute Gasteiger partial charge is 0.465 e. The third-order valence-corrected chi connectivity index (χ3v) is 5.21. The Balaban J connectivity index is 2.08. The fraction of sp³-hybridized carbons (Fsp3) is 0.533. The molecule has 0 amide bonds. The smallest absolute Gasteiger partial charge is 0.165 e. The standard InChI is InChI=1S/C15H18O2/c1-14(2)12-6-7-15(14,3)13(16)11(12)9-10-5-4-8-17-10/h4-5,8-9,12H,6-7H2,1-3H3/b11-9-/t12-,15-/m0/s1. The first-order chi connectivity index (χ1) is 7.97. The van der Waals surface area contributed by atoms with Gasteiger partial charge in [0.25, 0.3) is 0 Å². The SMILES string of the molecule is CC1(C)[C@H]2CC[C@@]1(C)C(=O)/C2=C\c1ccco1. The number of hydrogen-bond donors (Lipinski definition) is 0. The molecule has 3 rings (SSSR count). The minimum Gasteiger partial charge on any atom is -0.465 e. The van der Waals surface area contributed by atoms with Gasteiger partial charge < -0.3 is 4.42 Å². The van der Waals surface area contributed by atoms with Crippen LogP contribution in [0.3, 0.4) is 0 Å². The molecule has 0 radical (unpaired) electrons. The van der Waals surface area contributed by atoms with Gasteiger partial charge in [0.05, 0.1) is 6.26 Å². The molecule has 17 heavy (non-hydrogen) atoms. The van der Waals surface area contributed by atoms with Crippen LogP contribution in [0.4, 0.5) is 0 Å². The van der Waals surface area contributed by atoms with E-state index < -0.39 is 0 Å². The summed E-state index contributed by atoms with van der Waals surface area (Å²) in [7, 11) is 0. The van der Waals surface area contributed by atoms with Crippen molar-refractivity contribution in [1.29, 1.82) is 0 Å². The van der Waals surface area contributed by atoms with Crippen molar-refractivity contribution in [3.05, 3.63) is 29.7 Å². The van der Waals surface area contributed by atoms with E-state index >= 15 is 0 Å². The van der Waals surface area contributed by atoms with Crippen LogP contribution >= 0.6 is 0 Å². The molecular weight excluding hydrogens is 212 g/mol. The summed E-state index contributed by atoms with van der Waals surface area (Å²) in [6.45, 7) is 6.58. The van der Waals surface area contributed by atoms with E-state index in [2.05, 4.69) is 20.8 Å². The molecule has 0 saturated heterocycles. The summed E-state index contributed by atoms with van der Waals surface area (Å²) < 4.78 is 5.32. The number of carbonyl (C=O) groups is 1. The number of carbonyl (C=O) groups excluding carboxylic acids is 1. The molecule has 1 aromatic heterocycles. The first-order valence-corrected chi connectivity index (χ1v) is 6.27. The lowest BCUT2D eigenvalue weighted by Crippen LogP contribution is -2.32. The number of ketones is 1. The fourth-order valence-electron chi connectivity index (χ4n) is 3.62. The monoisotopic (exact) mass is 230 g/mol. The quantitative estimate of drug-likeness (QED) is 0.689. The maximum atomic E-state index is 12.5. The van der Waals surface area contributed by atoms with Gasteiger partial charge in [-0.25, -0.2) is 0 Å². The number of Topliss-reactive ketones (excluding diaryl/α,β-unsaturated/α-hetero) is 1. The second-order valence-corrected chi connectivity index (χ2v) is 6.09. The van der Waals surface area contributed by atoms with Crippen molar-refractivity contribution in [3.8, 4) is 0 Å². The predicted octanol–water partition coefficient (Wildman–Crippen LogP) is 3.69. The third kappa shape index (κ3) is 1.18. The normalized spacial score (nSPS) is 37.0. The molecule has 2 atom stereocenters. The van der Waals surface area contributed by atoms with Gasteiger partial charge in [0.2, 0.25) is 0 Å². The molecule has 2 saturated carbocycles. The fourth-order valence-corrected chi connectivity index (χ4v) is 3.62. The molecule has 90 valence electrons. The number of allylic oxidation sites excluding steroid dienone is 1. The summed E-state index contributed by atoms with van der Waals surface area (Å²) in [5.74, 6) is 1.51. The molecule has 0 spiro atoms. The molecule has 2 aliphatic rings. The molecule has 2 nitrogen and oxygen atoms in total. The highest BCUT2D eigenvalue weighted by atomic mass is 16.3. The highest BCUT2D eigenvalue weighted by Gasteiger charge is 2.63. The summed E-state index contributed by atoms with van der Waals surface area (Å²) >= 11 is 0. The van der Waals surface area contributed by atoms with Crippen LogP contribution < -0.4 is 0 Å². The summed E-state index contributed by atoms with van der Waals surface area (Å²) in [6.07, 6.45) is 5.75. The summed E-state index contributed by atoms with van der Waals surface area (Å²) in [4.78, 5) is 12.5. The zero-order chi connectivity index (χ0) is 12.3. The Morgan fingerprint density at radius 3 is 2.71 bits per heavy atom. The minimum absolute atomic E-state index is 0.0858. The molecular formula is C15H18O2. The van der Waals surface area contributed by atoms with Crippen molar-refractivity contribution in [2.45, 2.75) is 33.6 Å². The zero-order valence-electron chi connectivity index (χ0n) is 10.6. The summed E-state index contributed by atoms with van der Waals surface area (Å²) in [5, 5.41) is 0.